The lowest BCUT2D eigenvalue weighted by Gasteiger charge is -2.23. The smallest absolute Gasteiger partial charge is 0.332 e. The van der Waals surface area contributed by atoms with Crippen LogP contribution >= 0.6 is 0 Å². The molecule has 1 aliphatic rings. The number of aliphatic carboxylic acids is 1. The van der Waals surface area contributed by atoms with Crippen LogP contribution in [0, 0.1) is 11.6 Å². The van der Waals surface area contributed by atoms with Crippen molar-refractivity contribution in [3.05, 3.63) is 29.8 Å². The summed E-state index contributed by atoms with van der Waals surface area (Å²) in [7, 11) is 0. The summed E-state index contributed by atoms with van der Waals surface area (Å²) < 4.78 is 31.7. The molecule has 1 aliphatic heterocycles. The van der Waals surface area contributed by atoms with Crippen LogP contribution in [0.25, 0.3) is 0 Å². The normalized spacial score (nSPS) is 21.5. The fourth-order valence-corrected chi connectivity index (χ4v) is 1.87. The molecule has 1 saturated heterocycles. The summed E-state index contributed by atoms with van der Waals surface area (Å²) in [6.07, 6.45) is 0.0789. The monoisotopic (exact) mass is 286 g/mol. The van der Waals surface area contributed by atoms with Gasteiger partial charge in [0.2, 0.25) is 0 Å². The Balaban J connectivity index is 2.11. The third-order valence-corrected chi connectivity index (χ3v) is 2.99. The first-order valence-corrected chi connectivity index (χ1v) is 5.79. The van der Waals surface area contributed by atoms with Crippen LogP contribution in [-0.2, 0) is 9.53 Å². The van der Waals surface area contributed by atoms with Gasteiger partial charge in [-0.3, -0.25) is 0 Å². The van der Waals surface area contributed by atoms with E-state index in [2.05, 4.69) is 5.32 Å². The summed E-state index contributed by atoms with van der Waals surface area (Å²) >= 11 is 0. The summed E-state index contributed by atoms with van der Waals surface area (Å²) in [5, 5.41) is 13.3. The van der Waals surface area contributed by atoms with Crippen LogP contribution in [-0.4, -0.2) is 35.9 Å². The molecular formula is C12H12F2N2O4. The van der Waals surface area contributed by atoms with E-state index in [4.69, 9.17) is 9.84 Å². The van der Waals surface area contributed by atoms with Gasteiger partial charge in [0.05, 0.1) is 6.61 Å². The van der Waals surface area contributed by atoms with E-state index in [0.717, 1.165) is 18.2 Å². The van der Waals surface area contributed by atoms with E-state index in [9.17, 15) is 18.4 Å². The van der Waals surface area contributed by atoms with Crippen molar-refractivity contribution in [1.82, 2.24) is 5.32 Å². The molecule has 0 aromatic heterocycles. The highest BCUT2D eigenvalue weighted by molar-refractivity contribution is 5.94. The minimum atomic E-state index is -1.58. The molecule has 0 aliphatic carbocycles. The standard InChI is InChI=1S/C12H12F2N2O4/c13-7-2-1-3-8(14)9(7)15-11(19)16-12(10(17)18)4-5-20-6-12/h1-3H,4-6H2,(H,17,18)(H2,15,16,19). The van der Waals surface area contributed by atoms with E-state index in [1.54, 1.807) is 0 Å². The number of carboxylic acid groups (broad SMARTS) is 1. The Hall–Kier alpha value is -2.22. The van der Waals surface area contributed by atoms with Gasteiger partial charge in [0.1, 0.15) is 17.3 Å². The van der Waals surface area contributed by atoms with Gasteiger partial charge in [-0.05, 0) is 12.1 Å². The van der Waals surface area contributed by atoms with Crippen molar-refractivity contribution in [1.29, 1.82) is 0 Å². The van der Waals surface area contributed by atoms with Crippen LogP contribution in [0.3, 0.4) is 0 Å². The van der Waals surface area contributed by atoms with Gasteiger partial charge in [0.15, 0.2) is 5.54 Å². The average molecular weight is 286 g/mol. The van der Waals surface area contributed by atoms with Gasteiger partial charge in [-0.25, -0.2) is 18.4 Å². The number of carbonyl (C=O) groups is 2. The number of carbonyl (C=O) groups excluding carboxylic acids is 1. The molecule has 6 nitrogen and oxygen atoms in total. The lowest BCUT2D eigenvalue weighted by Crippen LogP contribution is -2.56. The molecular weight excluding hydrogens is 274 g/mol. The Morgan fingerprint density at radius 3 is 2.45 bits per heavy atom. The van der Waals surface area contributed by atoms with E-state index < -0.39 is 34.9 Å². The number of benzene rings is 1. The van der Waals surface area contributed by atoms with Crippen molar-refractivity contribution < 1.29 is 28.2 Å². The van der Waals surface area contributed by atoms with Crippen molar-refractivity contribution in [3.8, 4) is 0 Å². The quantitative estimate of drug-likeness (QED) is 0.782. The molecule has 0 saturated carbocycles. The van der Waals surface area contributed by atoms with Crippen molar-refractivity contribution in [3.63, 3.8) is 0 Å². The van der Waals surface area contributed by atoms with Crippen molar-refractivity contribution >= 4 is 17.7 Å². The minimum absolute atomic E-state index is 0.0789. The second kappa shape index (κ2) is 5.41. The van der Waals surface area contributed by atoms with Crippen LogP contribution in [0.5, 0.6) is 0 Å². The van der Waals surface area contributed by atoms with E-state index in [1.807, 2.05) is 5.32 Å². The summed E-state index contributed by atoms with van der Waals surface area (Å²) in [5.41, 5.74) is -2.21. The minimum Gasteiger partial charge on any atom is -0.479 e. The lowest BCUT2D eigenvalue weighted by atomic mass is 9.99. The lowest BCUT2D eigenvalue weighted by molar-refractivity contribution is -0.144. The number of nitrogens with one attached hydrogen (secondary N) is 2. The molecule has 1 aromatic rings. The molecule has 3 N–H and O–H groups in total. The number of ether oxygens (including phenoxy) is 1. The van der Waals surface area contributed by atoms with Crippen molar-refractivity contribution in [2.45, 2.75) is 12.0 Å². The first-order valence-electron chi connectivity index (χ1n) is 5.79. The zero-order valence-electron chi connectivity index (χ0n) is 10.3. The van der Waals surface area contributed by atoms with Crippen molar-refractivity contribution in [2.75, 3.05) is 18.5 Å². The van der Waals surface area contributed by atoms with E-state index >= 15 is 0 Å². The molecule has 2 amide bonds. The Kier molecular flexibility index (Phi) is 3.84. The number of carboxylic acids is 1. The van der Waals surface area contributed by atoms with Crippen LogP contribution in [0.1, 0.15) is 6.42 Å². The zero-order valence-corrected chi connectivity index (χ0v) is 10.3. The summed E-state index contributed by atoms with van der Waals surface area (Å²) in [4.78, 5) is 22.9. The number of hydrogen-bond donors (Lipinski definition) is 3. The molecule has 1 atom stereocenters. The number of urea groups is 1. The Labute approximate surface area is 112 Å². The SMILES string of the molecule is O=C(Nc1c(F)cccc1F)NC1(C(=O)O)CCOC1. The molecule has 1 aromatic carbocycles. The molecule has 20 heavy (non-hydrogen) atoms. The zero-order chi connectivity index (χ0) is 14.8. The third kappa shape index (κ3) is 2.69. The predicted octanol–water partition coefficient (Wildman–Crippen LogP) is 1.33. The van der Waals surface area contributed by atoms with E-state index in [-0.39, 0.29) is 19.6 Å². The summed E-state index contributed by atoms with van der Waals surface area (Å²) in [6, 6.07) is 2.09. The summed E-state index contributed by atoms with van der Waals surface area (Å²) in [6.45, 7) is -0.0177. The Morgan fingerprint density at radius 1 is 1.30 bits per heavy atom. The Morgan fingerprint density at radius 2 is 1.95 bits per heavy atom. The van der Waals surface area contributed by atoms with Gasteiger partial charge in [-0.2, -0.15) is 0 Å². The molecule has 0 radical (unpaired) electrons. The second-order valence-corrected chi connectivity index (χ2v) is 4.37. The number of rotatable bonds is 3. The maximum Gasteiger partial charge on any atom is 0.332 e. The number of hydrogen-bond acceptors (Lipinski definition) is 3. The van der Waals surface area contributed by atoms with Gasteiger partial charge in [-0.1, -0.05) is 6.07 Å². The van der Waals surface area contributed by atoms with Crippen LogP contribution < -0.4 is 10.6 Å². The fourth-order valence-electron chi connectivity index (χ4n) is 1.87. The maximum atomic E-state index is 13.4. The van der Waals surface area contributed by atoms with Gasteiger partial charge in [-0.15, -0.1) is 0 Å². The molecule has 1 fully saturated rings. The largest absolute Gasteiger partial charge is 0.479 e. The molecule has 2 rings (SSSR count). The number of amides is 2. The average Bonchev–Trinajstić information content (AvgIpc) is 2.84. The molecule has 1 unspecified atom stereocenters. The van der Waals surface area contributed by atoms with Crippen LogP contribution in [0.4, 0.5) is 19.3 Å². The molecule has 0 spiro atoms. The fraction of sp³-hybridized carbons (Fsp3) is 0.333. The molecule has 108 valence electrons. The molecule has 8 heteroatoms. The third-order valence-electron chi connectivity index (χ3n) is 2.99. The second-order valence-electron chi connectivity index (χ2n) is 4.37. The van der Waals surface area contributed by atoms with E-state index in [1.165, 1.54) is 0 Å². The highest BCUT2D eigenvalue weighted by atomic mass is 19.1. The molecule has 1 heterocycles. The summed E-state index contributed by atoms with van der Waals surface area (Å²) in [5.74, 6) is -3.17. The first kappa shape index (κ1) is 14.2. The first-order chi connectivity index (χ1) is 9.44. The van der Waals surface area contributed by atoms with Gasteiger partial charge in [0.25, 0.3) is 0 Å². The Bertz CT molecular complexity index is 524. The van der Waals surface area contributed by atoms with Crippen molar-refractivity contribution in [2.24, 2.45) is 0 Å². The highest BCUT2D eigenvalue weighted by Crippen LogP contribution is 2.21. The topological polar surface area (TPSA) is 87.7 Å². The van der Waals surface area contributed by atoms with Gasteiger partial charge in [0, 0.05) is 13.0 Å². The number of anilines is 1. The number of halogens is 2. The maximum absolute atomic E-state index is 13.4. The predicted molar refractivity (Wildman–Crippen MR) is 64.3 cm³/mol. The van der Waals surface area contributed by atoms with Crippen LogP contribution in [0.15, 0.2) is 18.2 Å². The van der Waals surface area contributed by atoms with E-state index in [0.29, 0.717) is 0 Å². The highest BCUT2D eigenvalue weighted by Gasteiger charge is 2.44. The van der Waals surface area contributed by atoms with Crippen LogP contribution in [0.2, 0.25) is 0 Å². The number of para-hydroxylation sites is 1. The van der Waals surface area contributed by atoms with Gasteiger partial charge < -0.3 is 20.5 Å². The molecule has 0 bridgehead atoms. The van der Waals surface area contributed by atoms with Gasteiger partial charge >= 0.3 is 12.0 Å².